The molecule has 1 aliphatic rings. The Morgan fingerprint density at radius 2 is 1.96 bits per heavy atom. The zero-order valence-corrected chi connectivity index (χ0v) is 14.3. The number of hydrogen-bond acceptors (Lipinski definition) is 3. The summed E-state index contributed by atoms with van der Waals surface area (Å²) in [6.45, 7) is 5.89. The number of benzene rings is 1. The highest BCUT2D eigenvalue weighted by molar-refractivity contribution is 6.00. The molecule has 1 saturated carbocycles. The van der Waals surface area contributed by atoms with Crippen molar-refractivity contribution >= 4 is 11.7 Å². The van der Waals surface area contributed by atoms with E-state index >= 15 is 0 Å². The van der Waals surface area contributed by atoms with Crippen LogP contribution in [0.1, 0.15) is 71.8 Å². The second kappa shape index (κ2) is 6.63. The smallest absolute Gasteiger partial charge is 0.255 e. The van der Waals surface area contributed by atoms with Crippen LogP contribution in [-0.2, 0) is 0 Å². The van der Waals surface area contributed by atoms with Gasteiger partial charge in [-0.15, -0.1) is 0 Å². The lowest BCUT2D eigenvalue weighted by atomic mass is 9.96. The molecule has 24 heavy (non-hydrogen) atoms. The van der Waals surface area contributed by atoms with Gasteiger partial charge in [-0.25, -0.2) is 0 Å². The first-order valence-electron chi connectivity index (χ1n) is 8.54. The molecule has 1 N–H and O–H groups in total. The maximum Gasteiger partial charge on any atom is 0.255 e. The normalized spacial score (nSPS) is 20.5. The highest BCUT2D eigenvalue weighted by Crippen LogP contribution is 2.32. The van der Waals surface area contributed by atoms with Crippen LogP contribution >= 0.6 is 0 Å². The minimum atomic E-state index is -0.152. The highest BCUT2D eigenvalue weighted by Gasteiger charge is 2.35. The number of carbonyl (C=O) groups is 2. The zero-order valence-electron chi connectivity index (χ0n) is 14.3. The third kappa shape index (κ3) is 3.28. The molecule has 0 saturated heterocycles. The monoisotopic (exact) mass is 325 g/mol. The minimum absolute atomic E-state index is 0.0876. The standard InChI is InChI=1S/C20H23NO3/c1-4-17(22)18-11-15(20(23)21-16-10-12(16)2)19(24-18)13(3)14-8-6-5-7-9-14/h5-9,11-13,16H,4,10H2,1-3H3,(H,21,23)/t12-,13-,16-/m0/s1. The number of ketones is 1. The van der Waals surface area contributed by atoms with Crippen molar-refractivity contribution < 1.29 is 14.0 Å². The number of hydrogen-bond donors (Lipinski definition) is 1. The summed E-state index contributed by atoms with van der Waals surface area (Å²) in [5, 5.41) is 3.03. The average Bonchev–Trinajstić information content (AvgIpc) is 3.12. The highest BCUT2D eigenvalue weighted by atomic mass is 16.3. The molecule has 3 atom stereocenters. The van der Waals surface area contributed by atoms with Gasteiger partial charge < -0.3 is 9.73 Å². The van der Waals surface area contributed by atoms with Crippen LogP contribution in [0.5, 0.6) is 0 Å². The van der Waals surface area contributed by atoms with Gasteiger partial charge in [0.05, 0.1) is 5.56 Å². The van der Waals surface area contributed by atoms with Crippen LogP contribution in [0.3, 0.4) is 0 Å². The fraction of sp³-hybridized carbons (Fsp3) is 0.400. The Balaban J connectivity index is 1.94. The van der Waals surface area contributed by atoms with E-state index in [1.165, 1.54) is 0 Å². The zero-order chi connectivity index (χ0) is 17.3. The summed E-state index contributed by atoms with van der Waals surface area (Å²) in [5.74, 6) is 1.01. The minimum Gasteiger partial charge on any atom is -0.456 e. The molecule has 4 heteroatoms. The third-order valence-corrected chi connectivity index (χ3v) is 4.72. The summed E-state index contributed by atoms with van der Waals surface area (Å²) in [5.41, 5.74) is 1.53. The molecule has 3 rings (SSSR count). The van der Waals surface area contributed by atoms with Crippen LogP contribution < -0.4 is 5.32 Å². The number of carbonyl (C=O) groups excluding carboxylic acids is 2. The molecule has 1 fully saturated rings. The van der Waals surface area contributed by atoms with E-state index in [2.05, 4.69) is 12.2 Å². The van der Waals surface area contributed by atoms with Crippen molar-refractivity contribution in [2.24, 2.45) is 5.92 Å². The van der Waals surface area contributed by atoms with Crippen molar-refractivity contribution in [3.05, 3.63) is 59.0 Å². The van der Waals surface area contributed by atoms with Crippen LogP contribution in [-0.4, -0.2) is 17.7 Å². The van der Waals surface area contributed by atoms with E-state index < -0.39 is 0 Å². The summed E-state index contributed by atoms with van der Waals surface area (Å²) in [6, 6.07) is 11.7. The number of Topliss-reactive ketones (excluding diaryl/α,β-unsaturated/α-hetero) is 1. The summed E-state index contributed by atoms with van der Waals surface area (Å²) >= 11 is 0. The number of furan rings is 1. The summed E-state index contributed by atoms with van der Waals surface area (Å²) in [6.07, 6.45) is 1.36. The van der Waals surface area contributed by atoms with Gasteiger partial charge in [0.1, 0.15) is 5.76 Å². The fourth-order valence-corrected chi connectivity index (χ4v) is 2.88. The molecule has 2 aromatic rings. The first kappa shape index (κ1) is 16.5. The molecule has 0 aliphatic heterocycles. The molecule has 126 valence electrons. The Kier molecular flexibility index (Phi) is 4.56. The predicted molar refractivity (Wildman–Crippen MR) is 92.3 cm³/mol. The van der Waals surface area contributed by atoms with Crippen molar-refractivity contribution in [3.63, 3.8) is 0 Å². The molecule has 0 spiro atoms. The Labute approximate surface area is 142 Å². The lowest BCUT2D eigenvalue weighted by Crippen LogP contribution is -2.27. The fourth-order valence-electron chi connectivity index (χ4n) is 2.88. The van der Waals surface area contributed by atoms with E-state index in [0.717, 1.165) is 12.0 Å². The first-order chi connectivity index (χ1) is 11.5. The van der Waals surface area contributed by atoms with E-state index in [4.69, 9.17) is 4.42 Å². The van der Waals surface area contributed by atoms with Gasteiger partial charge in [0.15, 0.2) is 11.5 Å². The molecule has 1 amide bonds. The van der Waals surface area contributed by atoms with E-state index in [1.54, 1.807) is 13.0 Å². The lowest BCUT2D eigenvalue weighted by Gasteiger charge is -2.11. The molecular weight excluding hydrogens is 302 g/mol. The number of rotatable bonds is 6. The molecule has 0 unspecified atom stereocenters. The molecule has 1 aliphatic carbocycles. The summed E-state index contributed by atoms with van der Waals surface area (Å²) < 4.78 is 5.82. The molecule has 1 heterocycles. The Bertz CT molecular complexity index is 747. The molecule has 0 radical (unpaired) electrons. The second-order valence-corrected chi connectivity index (χ2v) is 6.59. The lowest BCUT2D eigenvalue weighted by molar-refractivity contribution is 0.0941. The quantitative estimate of drug-likeness (QED) is 0.811. The molecule has 1 aromatic carbocycles. The van der Waals surface area contributed by atoms with Crippen LogP contribution in [0, 0.1) is 5.92 Å². The first-order valence-corrected chi connectivity index (χ1v) is 8.54. The van der Waals surface area contributed by atoms with E-state index in [9.17, 15) is 9.59 Å². The van der Waals surface area contributed by atoms with Gasteiger partial charge in [-0.3, -0.25) is 9.59 Å². The Hall–Kier alpha value is -2.36. The molecule has 0 bridgehead atoms. The van der Waals surface area contributed by atoms with E-state index in [0.29, 0.717) is 23.7 Å². The van der Waals surface area contributed by atoms with Crippen molar-refractivity contribution in [3.8, 4) is 0 Å². The summed E-state index contributed by atoms with van der Waals surface area (Å²) in [4.78, 5) is 24.7. The van der Waals surface area contributed by atoms with Gasteiger partial charge in [-0.2, -0.15) is 0 Å². The van der Waals surface area contributed by atoms with Crippen molar-refractivity contribution in [1.29, 1.82) is 0 Å². The molecule has 4 nitrogen and oxygen atoms in total. The van der Waals surface area contributed by atoms with Crippen molar-refractivity contribution in [1.82, 2.24) is 5.32 Å². The topological polar surface area (TPSA) is 59.3 Å². The van der Waals surface area contributed by atoms with Gasteiger partial charge in [-0.05, 0) is 17.9 Å². The summed E-state index contributed by atoms with van der Waals surface area (Å²) in [7, 11) is 0. The second-order valence-electron chi connectivity index (χ2n) is 6.59. The van der Waals surface area contributed by atoms with Crippen LogP contribution in [0.25, 0.3) is 0 Å². The van der Waals surface area contributed by atoms with Crippen LogP contribution in [0.2, 0.25) is 0 Å². The molecular formula is C20H23NO3. The largest absolute Gasteiger partial charge is 0.456 e. The van der Waals surface area contributed by atoms with Gasteiger partial charge in [0, 0.05) is 24.4 Å². The van der Waals surface area contributed by atoms with Gasteiger partial charge in [0.2, 0.25) is 0 Å². The number of nitrogens with one attached hydrogen (secondary N) is 1. The molecule has 1 aromatic heterocycles. The maximum absolute atomic E-state index is 12.6. The van der Waals surface area contributed by atoms with Gasteiger partial charge >= 0.3 is 0 Å². The Morgan fingerprint density at radius 3 is 2.54 bits per heavy atom. The van der Waals surface area contributed by atoms with Crippen molar-refractivity contribution in [2.75, 3.05) is 0 Å². The third-order valence-electron chi connectivity index (χ3n) is 4.72. The van der Waals surface area contributed by atoms with Crippen LogP contribution in [0.4, 0.5) is 0 Å². The number of amides is 1. The van der Waals surface area contributed by atoms with Crippen LogP contribution in [0.15, 0.2) is 40.8 Å². The van der Waals surface area contributed by atoms with E-state index in [-0.39, 0.29) is 29.4 Å². The average molecular weight is 325 g/mol. The SMILES string of the molecule is CCC(=O)c1cc(C(=O)N[C@H]2C[C@@H]2C)c([C@@H](C)c2ccccc2)o1. The van der Waals surface area contributed by atoms with Crippen molar-refractivity contribution in [2.45, 2.75) is 45.6 Å². The maximum atomic E-state index is 12.6. The van der Waals surface area contributed by atoms with Gasteiger partial charge in [0.25, 0.3) is 5.91 Å². The predicted octanol–water partition coefficient (Wildman–Crippen LogP) is 4.16. The van der Waals surface area contributed by atoms with E-state index in [1.807, 2.05) is 37.3 Å². The Morgan fingerprint density at radius 1 is 1.29 bits per heavy atom. The van der Waals surface area contributed by atoms with Gasteiger partial charge in [-0.1, -0.05) is 51.1 Å².